The van der Waals surface area contributed by atoms with Crippen molar-refractivity contribution in [1.29, 1.82) is 0 Å². The summed E-state index contributed by atoms with van der Waals surface area (Å²) in [6, 6.07) is 6.82. The van der Waals surface area contributed by atoms with Gasteiger partial charge in [0, 0.05) is 24.6 Å². The van der Waals surface area contributed by atoms with Gasteiger partial charge in [0.25, 0.3) is 5.69 Å². The minimum Gasteiger partial charge on any atom is -0.340 e. The molecule has 96 valence electrons. The molecule has 2 aromatic heterocycles. The summed E-state index contributed by atoms with van der Waals surface area (Å²) in [5, 5.41) is 15.7. The Morgan fingerprint density at radius 2 is 2.26 bits per heavy atom. The van der Waals surface area contributed by atoms with E-state index < -0.39 is 0 Å². The molecule has 0 aliphatic heterocycles. The number of benzene rings is 1. The predicted molar refractivity (Wildman–Crippen MR) is 66.7 cm³/mol. The van der Waals surface area contributed by atoms with Crippen LogP contribution < -0.4 is 0 Å². The normalized spacial score (nSPS) is 11.0. The van der Waals surface area contributed by atoms with E-state index in [1.807, 2.05) is 12.1 Å². The quantitative estimate of drug-likeness (QED) is 0.531. The van der Waals surface area contributed by atoms with Gasteiger partial charge in [-0.25, -0.2) is 0 Å². The number of nitro groups is 1. The first-order valence-corrected chi connectivity index (χ1v) is 5.66. The van der Waals surface area contributed by atoms with E-state index in [2.05, 4.69) is 10.1 Å². The third-order valence-corrected chi connectivity index (χ3v) is 2.85. The van der Waals surface area contributed by atoms with Crippen LogP contribution in [0.4, 0.5) is 5.69 Å². The molecular formula is C12H10N4O3. The van der Waals surface area contributed by atoms with Crippen LogP contribution in [0.1, 0.15) is 11.7 Å². The highest BCUT2D eigenvalue weighted by atomic mass is 16.6. The zero-order valence-corrected chi connectivity index (χ0v) is 10.1. The van der Waals surface area contributed by atoms with Gasteiger partial charge in [-0.1, -0.05) is 17.3 Å². The lowest BCUT2D eigenvalue weighted by molar-refractivity contribution is -0.383. The van der Waals surface area contributed by atoms with Crippen molar-refractivity contribution in [3.8, 4) is 0 Å². The second kappa shape index (κ2) is 4.20. The number of aromatic nitrogens is 3. The Morgan fingerprint density at radius 1 is 1.42 bits per heavy atom. The van der Waals surface area contributed by atoms with Crippen LogP contribution in [0.5, 0.6) is 0 Å². The van der Waals surface area contributed by atoms with Crippen LogP contribution in [-0.4, -0.2) is 19.6 Å². The van der Waals surface area contributed by atoms with Gasteiger partial charge in [-0.05, 0) is 6.07 Å². The molecule has 0 atom stereocenters. The maximum Gasteiger partial charge on any atom is 0.293 e. The average Bonchev–Trinajstić information content (AvgIpc) is 2.97. The van der Waals surface area contributed by atoms with Gasteiger partial charge < -0.3 is 9.09 Å². The first-order chi connectivity index (χ1) is 9.15. The van der Waals surface area contributed by atoms with Crippen molar-refractivity contribution in [1.82, 2.24) is 14.7 Å². The van der Waals surface area contributed by atoms with Gasteiger partial charge in [0.2, 0.25) is 5.89 Å². The Bertz CT molecular complexity index is 759. The molecule has 0 fully saturated rings. The van der Waals surface area contributed by atoms with Gasteiger partial charge in [0.05, 0.1) is 11.5 Å². The number of aryl methyl sites for hydroxylation is 1. The van der Waals surface area contributed by atoms with E-state index in [1.54, 1.807) is 23.8 Å². The molecular weight excluding hydrogens is 248 g/mol. The lowest BCUT2D eigenvalue weighted by Crippen LogP contribution is -2.02. The van der Waals surface area contributed by atoms with Crippen LogP contribution in [0, 0.1) is 17.0 Å². The van der Waals surface area contributed by atoms with E-state index >= 15 is 0 Å². The van der Waals surface area contributed by atoms with Crippen molar-refractivity contribution in [2.45, 2.75) is 13.5 Å². The summed E-state index contributed by atoms with van der Waals surface area (Å²) in [4.78, 5) is 14.8. The summed E-state index contributed by atoms with van der Waals surface area (Å²) in [5.41, 5.74) is 0.637. The summed E-state index contributed by atoms with van der Waals surface area (Å²) in [7, 11) is 0. The largest absolute Gasteiger partial charge is 0.340 e. The van der Waals surface area contributed by atoms with Crippen LogP contribution in [0.25, 0.3) is 10.9 Å². The Morgan fingerprint density at radius 3 is 2.95 bits per heavy atom. The molecule has 0 aliphatic rings. The maximum atomic E-state index is 11.1. The van der Waals surface area contributed by atoms with Crippen molar-refractivity contribution in [3.05, 3.63) is 52.3 Å². The second-order valence-electron chi connectivity index (χ2n) is 4.15. The summed E-state index contributed by atoms with van der Waals surface area (Å²) in [5.74, 6) is 0.967. The van der Waals surface area contributed by atoms with Crippen molar-refractivity contribution in [2.75, 3.05) is 0 Å². The molecule has 0 saturated heterocycles. The fraction of sp³-hybridized carbons (Fsp3) is 0.167. The topological polar surface area (TPSA) is 87.0 Å². The summed E-state index contributed by atoms with van der Waals surface area (Å²) in [6.07, 6.45) is 1.78. The van der Waals surface area contributed by atoms with Crippen LogP contribution in [-0.2, 0) is 6.54 Å². The Kier molecular flexibility index (Phi) is 2.52. The molecule has 0 unspecified atom stereocenters. The molecule has 7 heteroatoms. The fourth-order valence-electron chi connectivity index (χ4n) is 2.08. The minimum absolute atomic E-state index is 0.0720. The summed E-state index contributed by atoms with van der Waals surface area (Å²) in [6.45, 7) is 2.04. The van der Waals surface area contributed by atoms with E-state index in [0.29, 0.717) is 23.8 Å². The van der Waals surface area contributed by atoms with E-state index in [4.69, 9.17) is 4.52 Å². The zero-order valence-electron chi connectivity index (χ0n) is 10.1. The van der Waals surface area contributed by atoms with Gasteiger partial charge in [-0.3, -0.25) is 10.1 Å². The number of rotatable bonds is 3. The summed E-state index contributed by atoms with van der Waals surface area (Å²) < 4.78 is 6.64. The minimum atomic E-state index is -0.389. The lowest BCUT2D eigenvalue weighted by Gasteiger charge is -2.02. The molecule has 7 nitrogen and oxygen atoms in total. The Labute approximate surface area is 107 Å². The number of nitrogens with zero attached hydrogens (tertiary/aromatic N) is 4. The smallest absolute Gasteiger partial charge is 0.293 e. The molecule has 0 N–H and O–H groups in total. The number of nitro benzene ring substituents is 1. The van der Waals surface area contributed by atoms with Crippen molar-refractivity contribution < 1.29 is 9.45 Å². The SMILES string of the molecule is Cc1nc(Cn2ccc3cccc([N+](=O)[O-])c32)no1. The van der Waals surface area contributed by atoms with Gasteiger partial charge in [0.15, 0.2) is 5.82 Å². The van der Waals surface area contributed by atoms with E-state index in [-0.39, 0.29) is 10.6 Å². The fourth-order valence-corrected chi connectivity index (χ4v) is 2.08. The number of para-hydroxylation sites is 1. The highest BCUT2D eigenvalue weighted by Gasteiger charge is 2.16. The van der Waals surface area contributed by atoms with Gasteiger partial charge in [-0.2, -0.15) is 4.98 Å². The first-order valence-electron chi connectivity index (χ1n) is 5.66. The number of hydrogen-bond donors (Lipinski definition) is 0. The molecule has 0 bridgehead atoms. The van der Waals surface area contributed by atoms with Crippen LogP contribution in [0.2, 0.25) is 0 Å². The second-order valence-corrected chi connectivity index (χ2v) is 4.15. The predicted octanol–water partition coefficient (Wildman–Crippen LogP) is 2.29. The highest BCUT2D eigenvalue weighted by Crippen LogP contribution is 2.26. The molecule has 3 aromatic rings. The molecule has 2 heterocycles. The monoisotopic (exact) mass is 258 g/mol. The lowest BCUT2D eigenvalue weighted by atomic mass is 10.2. The van der Waals surface area contributed by atoms with E-state index in [1.165, 1.54) is 6.07 Å². The molecule has 0 saturated carbocycles. The number of hydrogen-bond acceptors (Lipinski definition) is 5. The standard InChI is InChI=1S/C12H10N4O3/c1-8-13-11(14-19-8)7-15-6-5-9-3-2-4-10(12(9)15)16(17)18/h2-6H,7H2,1H3. The molecule has 1 aromatic carbocycles. The first kappa shape index (κ1) is 11.4. The molecule has 0 amide bonds. The molecule has 0 spiro atoms. The summed E-state index contributed by atoms with van der Waals surface area (Å²) >= 11 is 0. The molecule has 19 heavy (non-hydrogen) atoms. The molecule has 0 aliphatic carbocycles. The number of non-ortho nitro benzene ring substituents is 1. The van der Waals surface area contributed by atoms with Gasteiger partial charge in [0.1, 0.15) is 5.52 Å². The van der Waals surface area contributed by atoms with Crippen molar-refractivity contribution in [2.24, 2.45) is 0 Å². The maximum absolute atomic E-state index is 11.1. The van der Waals surface area contributed by atoms with Gasteiger partial charge in [-0.15, -0.1) is 0 Å². The third kappa shape index (κ3) is 1.95. The van der Waals surface area contributed by atoms with Crippen LogP contribution >= 0.6 is 0 Å². The van der Waals surface area contributed by atoms with Gasteiger partial charge >= 0.3 is 0 Å². The van der Waals surface area contributed by atoms with Crippen LogP contribution in [0.15, 0.2) is 35.0 Å². The average molecular weight is 258 g/mol. The molecule has 3 rings (SSSR count). The van der Waals surface area contributed by atoms with Crippen molar-refractivity contribution >= 4 is 16.6 Å². The Balaban J connectivity index is 2.11. The van der Waals surface area contributed by atoms with Crippen LogP contribution in [0.3, 0.4) is 0 Å². The van der Waals surface area contributed by atoms with E-state index in [9.17, 15) is 10.1 Å². The highest BCUT2D eigenvalue weighted by molar-refractivity contribution is 5.88. The Hall–Kier alpha value is -2.70. The van der Waals surface area contributed by atoms with Crippen molar-refractivity contribution in [3.63, 3.8) is 0 Å². The zero-order chi connectivity index (χ0) is 13.4. The molecule has 0 radical (unpaired) electrons. The third-order valence-electron chi connectivity index (χ3n) is 2.85. The van der Waals surface area contributed by atoms with E-state index in [0.717, 1.165) is 5.39 Å². The number of fused-ring (bicyclic) bond motifs is 1.